The van der Waals surface area contributed by atoms with Gasteiger partial charge in [0.15, 0.2) is 24.2 Å². The van der Waals surface area contributed by atoms with Crippen LogP contribution in [0, 0.1) is 0 Å². The first-order valence-corrected chi connectivity index (χ1v) is 9.61. The van der Waals surface area contributed by atoms with Crippen LogP contribution in [0.5, 0.6) is 11.5 Å². The van der Waals surface area contributed by atoms with Gasteiger partial charge in [0.05, 0.1) is 5.69 Å². The summed E-state index contributed by atoms with van der Waals surface area (Å²) in [4.78, 5) is 16.9. The van der Waals surface area contributed by atoms with Gasteiger partial charge in [-0.3, -0.25) is 4.98 Å². The van der Waals surface area contributed by atoms with E-state index in [1.165, 1.54) is 0 Å². The van der Waals surface area contributed by atoms with E-state index in [1.807, 2.05) is 74.5 Å². The molecule has 148 valence electrons. The fourth-order valence-corrected chi connectivity index (χ4v) is 3.46. The highest BCUT2D eigenvalue weighted by molar-refractivity contribution is 5.72. The molecule has 1 aliphatic heterocycles. The summed E-state index contributed by atoms with van der Waals surface area (Å²) in [6.45, 7) is 3.85. The average molecular weight is 389 g/mol. The van der Waals surface area contributed by atoms with Gasteiger partial charge in [-0.15, -0.1) is 0 Å². The fraction of sp³-hybridized carbons (Fsp3) is 0.250. The standard InChI is InChI=1S/C24H23NO4/c1-24(2)15-18-11-8-13-20(23(18)29-24)27-16-21(26)28-22(17-9-4-3-5-10-17)19-12-6-7-14-25-19/h3-14,22H,15-16H2,1-2H3. The van der Waals surface area contributed by atoms with Crippen LogP contribution in [-0.4, -0.2) is 23.2 Å². The molecule has 0 saturated heterocycles. The minimum Gasteiger partial charge on any atom is -0.483 e. The van der Waals surface area contributed by atoms with Gasteiger partial charge in [0, 0.05) is 18.2 Å². The molecule has 0 bridgehead atoms. The highest BCUT2D eigenvalue weighted by atomic mass is 16.6. The molecule has 29 heavy (non-hydrogen) atoms. The van der Waals surface area contributed by atoms with Gasteiger partial charge in [-0.2, -0.15) is 0 Å². The number of carbonyl (C=O) groups excluding carboxylic acids is 1. The maximum absolute atomic E-state index is 12.6. The monoisotopic (exact) mass is 389 g/mol. The lowest BCUT2D eigenvalue weighted by Crippen LogP contribution is -2.25. The number of pyridine rings is 1. The first-order valence-electron chi connectivity index (χ1n) is 9.61. The summed E-state index contributed by atoms with van der Waals surface area (Å²) in [5.74, 6) is 0.785. The Morgan fingerprint density at radius 1 is 1.07 bits per heavy atom. The minimum absolute atomic E-state index is 0.212. The van der Waals surface area contributed by atoms with Crippen molar-refractivity contribution in [1.29, 1.82) is 0 Å². The molecule has 0 saturated carbocycles. The highest BCUT2D eigenvalue weighted by Gasteiger charge is 2.32. The number of rotatable bonds is 6. The van der Waals surface area contributed by atoms with Crippen molar-refractivity contribution in [3.63, 3.8) is 0 Å². The Labute approximate surface area is 170 Å². The van der Waals surface area contributed by atoms with E-state index in [-0.39, 0.29) is 12.2 Å². The number of benzene rings is 2. The molecule has 0 aliphatic carbocycles. The summed E-state index contributed by atoms with van der Waals surface area (Å²) in [5.41, 5.74) is 2.32. The van der Waals surface area contributed by atoms with Crippen LogP contribution in [0.15, 0.2) is 72.9 Å². The number of ether oxygens (including phenoxy) is 3. The van der Waals surface area contributed by atoms with Gasteiger partial charge in [-0.05, 0) is 37.6 Å². The number of para-hydroxylation sites is 1. The Hall–Kier alpha value is -3.34. The molecule has 1 aromatic heterocycles. The van der Waals surface area contributed by atoms with Crippen molar-refractivity contribution in [2.24, 2.45) is 0 Å². The predicted molar refractivity (Wildman–Crippen MR) is 109 cm³/mol. The van der Waals surface area contributed by atoms with Gasteiger partial charge in [-0.1, -0.05) is 48.5 Å². The lowest BCUT2D eigenvalue weighted by molar-refractivity contribution is -0.150. The van der Waals surface area contributed by atoms with Gasteiger partial charge in [-0.25, -0.2) is 4.79 Å². The molecule has 0 fully saturated rings. The zero-order valence-electron chi connectivity index (χ0n) is 16.5. The molecular formula is C24H23NO4. The Morgan fingerprint density at radius 3 is 2.62 bits per heavy atom. The van der Waals surface area contributed by atoms with E-state index in [0.717, 1.165) is 17.5 Å². The fourth-order valence-electron chi connectivity index (χ4n) is 3.46. The van der Waals surface area contributed by atoms with E-state index in [4.69, 9.17) is 14.2 Å². The quantitative estimate of drug-likeness (QED) is 0.581. The third kappa shape index (κ3) is 4.40. The predicted octanol–water partition coefficient (Wildman–Crippen LogP) is 4.51. The molecule has 1 atom stereocenters. The van der Waals surface area contributed by atoms with Crippen LogP contribution in [0.2, 0.25) is 0 Å². The van der Waals surface area contributed by atoms with Crippen LogP contribution in [0.3, 0.4) is 0 Å². The molecule has 1 aliphatic rings. The summed E-state index contributed by atoms with van der Waals surface area (Å²) in [7, 11) is 0. The first-order chi connectivity index (χ1) is 14.0. The van der Waals surface area contributed by atoms with Gasteiger partial charge in [0.1, 0.15) is 5.60 Å². The van der Waals surface area contributed by atoms with Crippen LogP contribution in [0.1, 0.15) is 36.8 Å². The topological polar surface area (TPSA) is 57.7 Å². The zero-order valence-corrected chi connectivity index (χ0v) is 16.5. The maximum atomic E-state index is 12.6. The zero-order chi connectivity index (χ0) is 20.3. The SMILES string of the molecule is CC1(C)Cc2cccc(OCC(=O)OC(c3ccccc3)c3ccccn3)c2O1. The van der Waals surface area contributed by atoms with Gasteiger partial charge in [0.2, 0.25) is 0 Å². The molecule has 1 unspecified atom stereocenters. The molecule has 0 amide bonds. The number of hydrogen-bond donors (Lipinski definition) is 0. The van der Waals surface area contributed by atoms with Crippen molar-refractivity contribution >= 4 is 5.97 Å². The van der Waals surface area contributed by atoms with Gasteiger partial charge in [0.25, 0.3) is 0 Å². The third-order valence-corrected chi connectivity index (χ3v) is 4.71. The molecule has 4 rings (SSSR count). The second-order valence-electron chi connectivity index (χ2n) is 7.61. The molecule has 5 nitrogen and oxygen atoms in total. The van der Waals surface area contributed by atoms with Crippen molar-refractivity contribution in [1.82, 2.24) is 4.98 Å². The van der Waals surface area contributed by atoms with Gasteiger partial charge < -0.3 is 14.2 Å². The molecular weight excluding hydrogens is 366 g/mol. The summed E-state index contributed by atoms with van der Waals surface area (Å²) in [5, 5.41) is 0. The summed E-state index contributed by atoms with van der Waals surface area (Å²) < 4.78 is 17.5. The van der Waals surface area contributed by atoms with E-state index < -0.39 is 12.1 Å². The largest absolute Gasteiger partial charge is 0.483 e. The van der Waals surface area contributed by atoms with Crippen molar-refractivity contribution in [2.75, 3.05) is 6.61 Å². The molecule has 0 spiro atoms. The molecule has 5 heteroatoms. The highest BCUT2D eigenvalue weighted by Crippen LogP contribution is 2.41. The summed E-state index contributed by atoms with van der Waals surface area (Å²) in [6, 6.07) is 20.8. The van der Waals surface area contributed by atoms with Crippen LogP contribution in [-0.2, 0) is 16.0 Å². The van der Waals surface area contributed by atoms with Crippen molar-refractivity contribution in [3.8, 4) is 11.5 Å². The van der Waals surface area contributed by atoms with Gasteiger partial charge >= 0.3 is 5.97 Å². The number of nitrogens with zero attached hydrogens (tertiary/aromatic N) is 1. The summed E-state index contributed by atoms with van der Waals surface area (Å²) >= 11 is 0. The molecule has 3 aromatic rings. The van der Waals surface area contributed by atoms with Crippen LogP contribution >= 0.6 is 0 Å². The maximum Gasteiger partial charge on any atom is 0.345 e. The van der Waals surface area contributed by atoms with Crippen LogP contribution in [0.4, 0.5) is 0 Å². The number of carbonyl (C=O) groups is 1. The normalized spacial score (nSPS) is 15.1. The Bertz CT molecular complexity index is 947. The van der Waals surface area contributed by atoms with Crippen LogP contribution < -0.4 is 9.47 Å². The van der Waals surface area contributed by atoms with E-state index >= 15 is 0 Å². The number of fused-ring (bicyclic) bond motifs is 1. The first kappa shape index (κ1) is 19.0. The smallest absolute Gasteiger partial charge is 0.345 e. The molecule has 2 heterocycles. The van der Waals surface area contributed by atoms with E-state index in [0.29, 0.717) is 17.2 Å². The van der Waals surface area contributed by atoms with E-state index in [9.17, 15) is 4.79 Å². The lowest BCUT2D eigenvalue weighted by atomic mass is 10.0. The average Bonchev–Trinajstić information content (AvgIpc) is 3.06. The van der Waals surface area contributed by atoms with Crippen molar-refractivity contribution in [2.45, 2.75) is 32.0 Å². The minimum atomic E-state index is -0.592. The van der Waals surface area contributed by atoms with Crippen molar-refractivity contribution < 1.29 is 19.0 Å². The van der Waals surface area contributed by atoms with E-state index in [1.54, 1.807) is 12.3 Å². The lowest BCUT2D eigenvalue weighted by Gasteiger charge is -2.19. The third-order valence-electron chi connectivity index (χ3n) is 4.71. The Balaban J connectivity index is 1.47. The van der Waals surface area contributed by atoms with E-state index in [2.05, 4.69) is 4.98 Å². The Kier molecular flexibility index (Phi) is 5.21. The number of hydrogen-bond acceptors (Lipinski definition) is 5. The summed E-state index contributed by atoms with van der Waals surface area (Å²) in [6.07, 6.45) is 1.90. The second kappa shape index (κ2) is 7.95. The Morgan fingerprint density at radius 2 is 1.86 bits per heavy atom. The number of esters is 1. The number of aromatic nitrogens is 1. The molecule has 0 N–H and O–H groups in total. The van der Waals surface area contributed by atoms with Crippen molar-refractivity contribution in [3.05, 3.63) is 89.7 Å². The molecule has 2 aromatic carbocycles. The second-order valence-corrected chi connectivity index (χ2v) is 7.61. The molecule has 0 radical (unpaired) electrons. The van der Waals surface area contributed by atoms with Crippen LogP contribution in [0.25, 0.3) is 0 Å².